The number of hydrogen-bond donors (Lipinski definition) is 2. The van der Waals surface area contributed by atoms with Gasteiger partial charge in [-0.1, -0.05) is 40.5 Å². The van der Waals surface area contributed by atoms with Crippen molar-refractivity contribution in [1.29, 1.82) is 0 Å². The normalized spacial score (nSPS) is 14.6. The summed E-state index contributed by atoms with van der Waals surface area (Å²) in [6.07, 6.45) is 2.41. The van der Waals surface area contributed by atoms with Crippen LogP contribution in [0.1, 0.15) is 86.0 Å². The van der Waals surface area contributed by atoms with Gasteiger partial charge in [0.1, 0.15) is 6.10 Å². The van der Waals surface area contributed by atoms with E-state index < -0.39 is 48.4 Å². The van der Waals surface area contributed by atoms with E-state index in [1.807, 2.05) is 27.7 Å². The Morgan fingerprint density at radius 1 is 0.929 bits per heavy atom. The molecule has 8 heteroatoms. The van der Waals surface area contributed by atoms with Crippen LogP contribution in [0.2, 0.25) is 0 Å². The van der Waals surface area contributed by atoms with Gasteiger partial charge in [0.25, 0.3) is 0 Å². The molecule has 0 saturated carbocycles. The second-order valence-corrected chi connectivity index (χ2v) is 7.18. The number of carbonyl (C=O) groups is 4. The summed E-state index contributed by atoms with van der Waals surface area (Å²) in [5, 5.41) is 18.6. The Balaban J connectivity index is 5.69. The molecule has 0 aromatic heterocycles. The van der Waals surface area contributed by atoms with Gasteiger partial charge in [0.15, 0.2) is 0 Å². The van der Waals surface area contributed by atoms with E-state index >= 15 is 0 Å². The maximum Gasteiger partial charge on any atom is 0.349 e. The van der Waals surface area contributed by atoms with Gasteiger partial charge in [0.2, 0.25) is 5.60 Å². The van der Waals surface area contributed by atoms with Gasteiger partial charge in [-0.15, -0.1) is 0 Å². The van der Waals surface area contributed by atoms with E-state index in [0.717, 1.165) is 39.0 Å². The van der Waals surface area contributed by atoms with Crippen molar-refractivity contribution in [2.75, 3.05) is 0 Å². The Hall–Kier alpha value is -2.12. The van der Waals surface area contributed by atoms with Crippen LogP contribution in [0, 0.1) is 5.41 Å². The Kier molecular flexibility index (Phi) is 10.8. The van der Waals surface area contributed by atoms with Gasteiger partial charge < -0.3 is 19.7 Å². The van der Waals surface area contributed by atoms with Crippen LogP contribution in [0.4, 0.5) is 0 Å². The van der Waals surface area contributed by atoms with Gasteiger partial charge >= 0.3 is 23.9 Å². The molecule has 8 nitrogen and oxygen atoms in total. The Labute approximate surface area is 166 Å². The minimum Gasteiger partial charge on any atom is -0.481 e. The van der Waals surface area contributed by atoms with Crippen molar-refractivity contribution < 1.29 is 38.9 Å². The van der Waals surface area contributed by atoms with E-state index in [1.165, 1.54) is 0 Å². The summed E-state index contributed by atoms with van der Waals surface area (Å²) in [4.78, 5) is 46.8. The fourth-order valence-electron chi connectivity index (χ4n) is 3.60. The molecule has 0 fully saturated rings. The first-order valence-corrected chi connectivity index (χ1v) is 9.86. The monoisotopic (exact) mass is 402 g/mol. The number of ether oxygens (including phenoxy) is 2. The number of esters is 2. The van der Waals surface area contributed by atoms with E-state index in [1.54, 1.807) is 0 Å². The largest absolute Gasteiger partial charge is 0.481 e. The zero-order valence-corrected chi connectivity index (χ0v) is 17.6. The number of carboxylic acids is 2. The van der Waals surface area contributed by atoms with Crippen LogP contribution >= 0.6 is 0 Å². The van der Waals surface area contributed by atoms with Crippen LogP contribution in [0.3, 0.4) is 0 Å². The molecule has 0 heterocycles. The molecule has 0 bridgehead atoms. The lowest BCUT2D eigenvalue weighted by Crippen LogP contribution is -2.48. The third kappa shape index (κ3) is 7.13. The number of carboxylic acid groups (broad SMARTS) is 2. The van der Waals surface area contributed by atoms with E-state index in [2.05, 4.69) is 0 Å². The summed E-state index contributed by atoms with van der Waals surface area (Å²) in [6, 6.07) is 0. The summed E-state index contributed by atoms with van der Waals surface area (Å²) in [5.41, 5.74) is -2.73. The molecule has 0 rings (SSSR count). The van der Waals surface area contributed by atoms with Crippen LogP contribution in [0.25, 0.3) is 0 Å². The minimum absolute atomic E-state index is 0.245. The predicted molar refractivity (Wildman–Crippen MR) is 102 cm³/mol. The fraction of sp³-hybridized carbons (Fsp3) is 0.800. The lowest BCUT2D eigenvalue weighted by Gasteiger charge is -2.39. The lowest BCUT2D eigenvalue weighted by atomic mass is 9.73. The van der Waals surface area contributed by atoms with E-state index in [9.17, 15) is 24.3 Å². The SMILES string of the molecule is CCCCC(OC(=O)CC(CC(=O)O)(OC(C)=O)C(=O)O)C(CC)(CC)CC. The van der Waals surface area contributed by atoms with Crippen molar-refractivity contribution in [1.82, 2.24) is 0 Å². The topological polar surface area (TPSA) is 127 Å². The van der Waals surface area contributed by atoms with Crippen LogP contribution in [0.15, 0.2) is 0 Å². The van der Waals surface area contributed by atoms with E-state index in [4.69, 9.17) is 14.6 Å². The van der Waals surface area contributed by atoms with Crippen molar-refractivity contribution in [3.63, 3.8) is 0 Å². The molecule has 0 spiro atoms. The molecule has 162 valence electrons. The molecular formula is C20H34O8. The number of rotatable bonds is 14. The van der Waals surface area contributed by atoms with Gasteiger partial charge in [0, 0.05) is 12.3 Å². The third-order valence-electron chi connectivity index (χ3n) is 5.48. The van der Waals surface area contributed by atoms with Gasteiger partial charge in [-0.25, -0.2) is 4.79 Å². The molecule has 28 heavy (non-hydrogen) atoms. The van der Waals surface area contributed by atoms with Crippen LogP contribution in [0.5, 0.6) is 0 Å². The van der Waals surface area contributed by atoms with Gasteiger partial charge in [-0.3, -0.25) is 14.4 Å². The van der Waals surface area contributed by atoms with Crippen LogP contribution in [-0.2, 0) is 28.7 Å². The van der Waals surface area contributed by atoms with Gasteiger partial charge in [-0.05, 0) is 25.7 Å². The van der Waals surface area contributed by atoms with Crippen LogP contribution in [-0.4, -0.2) is 45.8 Å². The maximum absolute atomic E-state index is 12.6. The summed E-state index contributed by atoms with van der Waals surface area (Å²) in [6.45, 7) is 9.04. The van der Waals surface area contributed by atoms with Crippen molar-refractivity contribution in [3.05, 3.63) is 0 Å². The summed E-state index contributed by atoms with van der Waals surface area (Å²) >= 11 is 0. The molecule has 0 aromatic rings. The van der Waals surface area contributed by atoms with E-state index in [0.29, 0.717) is 6.42 Å². The molecule has 0 aromatic carbocycles. The fourth-order valence-corrected chi connectivity index (χ4v) is 3.60. The molecule has 0 amide bonds. The molecule has 2 atom stereocenters. The first-order chi connectivity index (χ1) is 13.0. The predicted octanol–water partition coefficient (Wildman–Crippen LogP) is 3.56. The minimum atomic E-state index is -2.49. The highest BCUT2D eigenvalue weighted by Gasteiger charge is 2.48. The zero-order valence-electron chi connectivity index (χ0n) is 17.6. The smallest absolute Gasteiger partial charge is 0.349 e. The first kappa shape index (κ1) is 25.9. The molecule has 0 aliphatic heterocycles. The Bertz CT molecular complexity index is 526. The first-order valence-electron chi connectivity index (χ1n) is 9.86. The summed E-state index contributed by atoms with van der Waals surface area (Å²) in [7, 11) is 0. The molecule has 0 aliphatic rings. The highest BCUT2D eigenvalue weighted by Crippen LogP contribution is 2.39. The Morgan fingerprint density at radius 3 is 1.82 bits per heavy atom. The lowest BCUT2D eigenvalue weighted by molar-refractivity contribution is -0.188. The molecular weight excluding hydrogens is 368 g/mol. The summed E-state index contributed by atoms with van der Waals surface area (Å²) in [5.74, 6) is -5.06. The molecule has 2 N–H and O–H groups in total. The average molecular weight is 402 g/mol. The second kappa shape index (κ2) is 11.7. The van der Waals surface area contributed by atoms with Crippen LogP contribution < -0.4 is 0 Å². The quantitative estimate of drug-likeness (QED) is 0.422. The standard InChI is InChI=1S/C20H34O8/c1-6-10-11-15(19(7-2,8-3)9-4)27-17(24)13-20(18(25)26,12-16(22)23)28-14(5)21/h15H,6-13H2,1-5H3,(H,22,23)(H,25,26). The number of aliphatic carboxylic acids is 2. The van der Waals surface area contributed by atoms with Crippen molar-refractivity contribution in [3.8, 4) is 0 Å². The third-order valence-corrected chi connectivity index (χ3v) is 5.48. The Morgan fingerprint density at radius 2 is 1.46 bits per heavy atom. The second-order valence-electron chi connectivity index (χ2n) is 7.18. The van der Waals surface area contributed by atoms with Crippen molar-refractivity contribution >= 4 is 23.9 Å². The maximum atomic E-state index is 12.6. The molecule has 0 saturated heterocycles. The highest BCUT2D eigenvalue weighted by molar-refractivity contribution is 5.90. The molecule has 2 unspecified atom stereocenters. The zero-order chi connectivity index (χ0) is 22.0. The van der Waals surface area contributed by atoms with Crippen molar-refractivity contribution in [2.45, 2.75) is 97.7 Å². The molecule has 0 aliphatic carbocycles. The van der Waals surface area contributed by atoms with E-state index in [-0.39, 0.29) is 5.41 Å². The summed E-state index contributed by atoms with van der Waals surface area (Å²) < 4.78 is 10.5. The number of unbranched alkanes of at least 4 members (excludes halogenated alkanes) is 1. The van der Waals surface area contributed by atoms with Crippen molar-refractivity contribution in [2.24, 2.45) is 5.41 Å². The number of hydrogen-bond acceptors (Lipinski definition) is 6. The number of carbonyl (C=O) groups excluding carboxylic acids is 2. The average Bonchev–Trinajstić information content (AvgIpc) is 2.59. The molecule has 0 radical (unpaired) electrons. The van der Waals surface area contributed by atoms with Gasteiger partial charge in [0.05, 0.1) is 12.8 Å². The highest BCUT2D eigenvalue weighted by atomic mass is 16.6. The van der Waals surface area contributed by atoms with Gasteiger partial charge in [-0.2, -0.15) is 0 Å².